The van der Waals surface area contributed by atoms with E-state index in [1.165, 1.54) is 26.0 Å². The van der Waals surface area contributed by atoms with Gasteiger partial charge < -0.3 is 10.2 Å². The Labute approximate surface area is 224 Å². The van der Waals surface area contributed by atoms with Crippen LogP contribution in [0.1, 0.15) is 48.1 Å². The predicted octanol–water partition coefficient (Wildman–Crippen LogP) is 6.54. The van der Waals surface area contributed by atoms with Gasteiger partial charge in [0.15, 0.2) is 0 Å². The molecule has 194 valence electrons. The molecule has 38 heavy (non-hydrogen) atoms. The number of benzene rings is 3. The van der Waals surface area contributed by atoms with Crippen molar-refractivity contribution >= 4 is 17.6 Å². The summed E-state index contributed by atoms with van der Waals surface area (Å²) in [7, 11) is 0. The van der Waals surface area contributed by atoms with E-state index in [4.69, 9.17) is 21.8 Å². The molecule has 0 spiro atoms. The minimum Gasteiger partial charge on any atom is -0.404 e. The van der Waals surface area contributed by atoms with Crippen molar-refractivity contribution in [2.24, 2.45) is 5.92 Å². The molecular weight excluding hydrogens is 508 g/mol. The first-order chi connectivity index (χ1) is 18.1. The van der Waals surface area contributed by atoms with Crippen molar-refractivity contribution in [1.82, 2.24) is 15.1 Å². The third-order valence-corrected chi connectivity index (χ3v) is 7.25. The van der Waals surface area contributed by atoms with Crippen LogP contribution in [0, 0.1) is 23.1 Å². The second-order valence-electron chi connectivity index (χ2n) is 10.2. The van der Waals surface area contributed by atoms with Gasteiger partial charge in [-0.3, -0.25) is 4.90 Å². The van der Waals surface area contributed by atoms with E-state index in [0.29, 0.717) is 34.8 Å². The van der Waals surface area contributed by atoms with Crippen molar-refractivity contribution in [3.63, 3.8) is 0 Å². The summed E-state index contributed by atoms with van der Waals surface area (Å²) in [5.41, 5.74) is 7.32. The molecule has 0 radical (unpaired) electrons. The maximum Gasteiger partial charge on any atom is 0.313 e. The zero-order chi connectivity index (χ0) is 27.0. The summed E-state index contributed by atoms with van der Waals surface area (Å²) in [6.45, 7) is 4.17. The van der Waals surface area contributed by atoms with Crippen LogP contribution in [0.2, 0.25) is 5.02 Å². The van der Waals surface area contributed by atoms with E-state index in [9.17, 15) is 9.65 Å². The van der Waals surface area contributed by atoms with Gasteiger partial charge in [-0.2, -0.15) is 5.26 Å². The first kappa shape index (κ1) is 25.8. The number of aromatic nitrogens is 2. The maximum atomic E-state index is 15.7. The first-order valence-corrected chi connectivity index (χ1v) is 12.6. The quantitative estimate of drug-likeness (QED) is 0.290. The first-order valence-electron chi connectivity index (χ1n) is 12.2. The Morgan fingerprint density at radius 1 is 1.05 bits per heavy atom. The monoisotopic (exact) mass is 533 g/mol. The molecule has 2 heterocycles. The molecule has 1 aliphatic heterocycles. The summed E-state index contributed by atoms with van der Waals surface area (Å²) in [5.74, 6) is -1.13. The number of nitrogens with two attached hydrogens (primary N) is 1. The smallest absolute Gasteiger partial charge is 0.313 e. The van der Waals surface area contributed by atoms with Gasteiger partial charge in [0.2, 0.25) is 5.89 Å². The summed E-state index contributed by atoms with van der Waals surface area (Å²) >= 11 is 6.14. The molecule has 1 saturated heterocycles. The Kier molecular flexibility index (Phi) is 6.91. The number of nitriles is 1. The van der Waals surface area contributed by atoms with Crippen molar-refractivity contribution < 1.29 is 13.2 Å². The number of hydrogen-bond acceptors (Lipinski definition) is 6. The molecule has 1 aromatic heterocycles. The maximum absolute atomic E-state index is 15.7. The van der Waals surface area contributed by atoms with Crippen LogP contribution >= 0.6 is 11.6 Å². The van der Waals surface area contributed by atoms with E-state index >= 15 is 4.39 Å². The van der Waals surface area contributed by atoms with Crippen molar-refractivity contribution in [3.8, 4) is 17.5 Å². The van der Waals surface area contributed by atoms with Crippen LogP contribution in [0.25, 0.3) is 11.5 Å². The third-order valence-electron chi connectivity index (χ3n) is 7.00. The number of halogens is 3. The number of nitrogens with zero attached hydrogens (tertiary/aromatic N) is 4. The zero-order valence-electron chi connectivity index (χ0n) is 20.9. The van der Waals surface area contributed by atoms with E-state index in [-0.39, 0.29) is 23.9 Å². The molecular formula is C29H26ClF2N5O. The van der Waals surface area contributed by atoms with E-state index in [1.54, 1.807) is 12.1 Å². The lowest BCUT2D eigenvalue weighted by Crippen LogP contribution is -2.53. The molecule has 6 nitrogen and oxygen atoms in total. The molecule has 1 unspecified atom stereocenters. The Morgan fingerprint density at radius 3 is 2.42 bits per heavy atom. The van der Waals surface area contributed by atoms with E-state index in [1.807, 2.05) is 42.5 Å². The SMILES string of the molecule is CC(C)(F)C(c1cc(F)cc(-c2nnc(N)o2)c1)C1CN([C@@H](c2ccc(Cl)cc2)c2cccc(C#N)c2)C1. The highest BCUT2D eigenvalue weighted by atomic mass is 35.5. The van der Waals surface area contributed by atoms with Gasteiger partial charge >= 0.3 is 6.01 Å². The fourth-order valence-electron chi connectivity index (χ4n) is 5.50. The van der Waals surface area contributed by atoms with Gasteiger partial charge in [-0.1, -0.05) is 41.0 Å². The van der Waals surface area contributed by atoms with Crippen LogP contribution < -0.4 is 5.73 Å². The fourth-order valence-corrected chi connectivity index (χ4v) is 5.63. The molecule has 4 aromatic rings. The van der Waals surface area contributed by atoms with Crippen LogP contribution in [-0.4, -0.2) is 33.9 Å². The number of hydrogen-bond donors (Lipinski definition) is 1. The Morgan fingerprint density at radius 2 is 1.79 bits per heavy atom. The average Bonchev–Trinajstić information content (AvgIpc) is 3.29. The zero-order valence-corrected chi connectivity index (χ0v) is 21.7. The van der Waals surface area contributed by atoms with Crippen LogP contribution in [0.15, 0.2) is 71.1 Å². The summed E-state index contributed by atoms with van der Waals surface area (Å²) in [5, 5.41) is 17.6. The molecule has 0 aliphatic carbocycles. The van der Waals surface area contributed by atoms with Crippen LogP contribution in [0.3, 0.4) is 0 Å². The van der Waals surface area contributed by atoms with Gasteiger partial charge in [0.1, 0.15) is 11.5 Å². The van der Waals surface area contributed by atoms with Gasteiger partial charge in [-0.15, -0.1) is 5.10 Å². The van der Waals surface area contributed by atoms with E-state index in [2.05, 4.69) is 21.2 Å². The highest BCUT2D eigenvalue weighted by Gasteiger charge is 2.45. The van der Waals surface area contributed by atoms with Crippen LogP contribution in [0.4, 0.5) is 14.8 Å². The van der Waals surface area contributed by atoms with Crippen LogP contribution in [-0.2, 0) is 0 Å². The van der Waals surface area contributed by atoms with Gasteiger partial charge in [0.05, 0.1) is 17.7 Å². The molecule has 0 amide bonds. The van der Waals surface area contributed by atoms with Crippen molar-refractivity contribution in [1.29, 1.82) is 5.26 Å². The molecule has 2 N–H and O–H groups in total. The highest BCUT2D eigenvalue weighted by Crippen LogP contribution is 2.46. The van der Waals surface area contributed by atoms with Gasteiger partial charge in [-0.05, 0) is 78.9 Å². The fraction of sp³-hybridized carbons (Fsp3) is 0.276. The molecule has 5 rings (SSSR count). The van der Waals surface area contributed by atoms with Crippen molar-refractivity contribution in [2.45, 2.75) is 31.5 Å². The van der Waals surface area contributed by atoms with Gasteiger partial charge in [0.25, 0.3) is 0 Å². The number of anilines is 1. The summed E-state index contributed by atoms with van der Waals surface area (Å²) in [6.07, 6.45) is 0. The molecule has 0 saturated carbocycles. The van der Waals surface area contributed by atoms with Gasteiger partial charge in [-0.25, -0.2) is 8.78 Å². The lowest BCUT2D eigenvalue weighted by Gasteiger charge is -2.50. The Balaban J connectivity index is 1.47. The third kappa shape index (κ3) is 5.26. The standard InChI is InChI=1S/C29H26ClF2N5O/c1-29(2,32)25(20-11-21(13-24(31)12-20)27-35-36-28(34)38-27)22-15-37(16-22)26(18-6-8-23(30)9-7-18)19-5-3-4-17(10-19)14-33/h3-13,22,25-26H,15-16H2,1-2H3,(H2,34,36)/t25?,26-/m0/s1. The topological polar surface area (TPSA) is 92.0 Å². The van der Waals surface area contributed by atoms with E-state index < -0.39 is 17.4 Å². The minimum absolute atomic E-state index is 0.0778. The number of alkyl halides is 1. The molecule has 1 fully saturated rings. The second kappa shape index (κ2) is 10.2. The summed E-state index contributed by atoms with van der Waals surface area (Å²) in [6, 6.07) is 21.3. The number of nitrogen functional groups attached to an aromatic ring is 1. The molecule has 9 heteroatoms. The van der Waals surface area contributed by atoms with Gasteiger partial charge in [0, 0.05) is 29.6 Å². The number of likely N-dealkylation sites (tertiary alicyclic amines) is 1. The molecule has 1 aliphatic rings. The highest BCUT2D eigenvalue weighted by molar-refractivity contribution is 6.30. The van der Waals surface area contributed by atoms with Crippen LogP contribution in [0.5, 0.6) is 0 Å². The minimum atomic E-state index is -1.63. The average molecular weight is 534 g/mol. The largest absolute Gasteiger partial charge is 0.404 e. The normalized spacial score (nSPS) is 16.0. The summed E-state index contributed by atoms with van der Waals surface area (Å²) < 4.78 is 35.7. The molecule has 0 bridgehead atoms. The van der Waals surface area contributed by atoms with Crippen molar-refractivity contribution in [2.75, 3.05) is 18.8 Å². The molecule has 2 atom stereocenters. The number of rotatable bonds is 7. The predicted molar refractivity (Wildman–Crippen MR) is 142 cm³/mol. The lowest BCUT2D eigenvalue weighted by atomic mass is 9.72. The Bertz CT molecular complexity index is 1490. The second-order valence-corrected chi connectivity index (χ2v) is 10.6. The molecule has 3 aromatic carbocycles. The van der Waals surface area contributed by atoms with Crippen molar-refractivity contribution in [3.05, 3.63) is 99.8 Å². The lowest BCUT2D eigenvalue weighted by molar-refractivity contribution is 0.00814. The summed E-state index contributed by atoms with van der Waals surface area (Å²) in [4.78, 5) is 2.24. The van der Waals surface area contributed by atoms with E-state index in [0.717, 1.165) is 11.1 Å². The Hall–Kier alpha value is -3.80.